The van der Waals surface area contributed by atoms with Crippen molar-refractivity contribution in [3.8, 4) is 0 Å². The monoisotopic (exact) mass is 368 g/mol. The number of rotatable bonds is 3. The molecule has 7 heteroatoms. The lowest BCUT2D eigenvalue weighted by molar-refractivity contribution is -0.153. The average molecular weight is 369 g/mol. The van der Waals surface area contributed by atoms with Crippen LogP contribution in [0.25, 0.3) is 0 Å². The largest absolute Gasteiger partial charge is 0.469 e. The van der Waals surface area contributed by atoms with E-state index in [0.29, 0.717) is 22.1 Å². The molecule has 22 heavy (non-hydrogen) atoms. The van der Waals surface area contributed by atoms with Crippen molar-refractivity contribution in [1.29, 1.82) is 0 Å². The molecule has 0 saturated heterocycles. The number of nitrogens with two attached hydrogens (primary N) is 1. The van der Waals surface area contributed by atoms with E-state index in [9.17, 15) is 4.79 Å². The number of nitrogens with one attached hydrogen (secondary N) is 1. The van der Waals surface area contributed by atoms with Crippen LogP contribution in [0.3, 0.4) is 0 Å². The van der Waals surface area contributed by atoms with Crippen LogP contribution in [-0.2, 0) is 9.53 Å². The van der Waals surface area contributed by atoms with Crippen molar-refractivity contribution < 1.29 is 9.53 Å². The predicted octanol–water partition coefficient (Wildman–Crippen LogP) is 2.42. The Hall–Kier alpha value is -1.63. The van der Waals surface area contributed by atoms with Gasteiger partial charge in [-0.15, -0.1) is 0 Å². The fourth-order valence-corrected chi connectivity index (χ4v) is 3.09. The number of hydrogen-bond acceptors (Lipinski definition) is 6. The van der Waals surface area contributed by atoms with E-state index in [2.05, 4.69) is 31.2 Å². The SMILES string of the molecule is COC(=O)C1(C)CCC(C=N/C(Br)=C2\NC=CN=C2N)CC1. The molecule has 1 heterocycles. The second kappa shape index (κ2) is 7.09. The second-order valence-corrected chi connectivity index (χ2v) is 6.56. The summed E-state index contributed by atoms with van der Waals surface area (Å²) < 4.78 is 5.51. The highest BCUT2D eigenvalue weighted by Gasteiger charge is 2.38. The van der Waals surface area contributed by atoms with E-state index in [0.717, 1.165) is 25.7 Å². The van der Waals surface area contributed by atoms with Gasteiger partial charge < -0.3 is 15.8 Å². The molecule has 0 atom stereocenters. The maximum atomic E-state index is 11.8. The summed E-state index contributed by atoms with van der Waals surface area (Å²) in [5.41, 5.74) is 6.10. The summed E-state index contributed by atoms with van der Waals surface area (Å²) in [5.74, 6) is 0.630. The molecule has 0 aromatic rings. The number of aliphatic imine (C=N–C) groups is 2. The van der Waals surface area contributed by atoms with Crippen molar-refractivity contribution in [2.75, 3.05) is 7.11 Å². The lowest BCUT2D eigenvalue weighted by atomic mass is 9.72. The standard InChI is InChI=1S/C15H21BrN4O2/c1-15(14(21)22-2)5-3-10(4-6-15)9-20-12(16)11-13(17)19-8-7-18-11/h7-10,18H,3-6H2,1-2H3,(H2,17,19)/b12-11-,20-9?. The summed E-state index contributed by atoms with van der Waals surface area (Å²) >= 11 is 3.41. The van der Waals surface area contributed by atoms with Gasteiger partial charge in [-0.2, -0.15) is 0 Å². The Balaban J connectivity index is 1.96. The number of carbonyl (C=O) groups is 1. The van der Waals surface area contributed by atoms with Crippen molar-refractivity contribution in [2.45, 2.75) is 32.6 Å². The van der Waals surface area contributed by atoms with Gasteiger partial charge in [0.1, 0.15) is 16.1 Å². The maximum Gasteiger partial charge on any atom is 0.311 e. The molecule has 1 aliphatic heterocycles. The molecule has 1 aliphatic carbocycles. The lowest BCUT2D eigenvalue weighted by Crippen LogP contribution is -2.34. The zero-order valence-electron chi connectivity index (χ0n) is 12.8. The summed E-state index contributed by atoms with van der Waals surface area (Å²) in [5, 5.41) is 3.01. The van der Waals surface area contributed by atoms with Crippen LogP contribution in [0.1, 0.15) is 32.6 Å². The van der Waals surface area contributed by atoms with Crippen molar-refractivity contribution in [1.82, 2.24) is 5.32 Å². The van der Waals surface area contributed by atoms with E-state index in [-0.39, 0.29) is 11.4 Å². The minimum atomic E-state index is -0.360. The zero-order chi connectivity index (χ0) is 16.2. The van der Waals surface area contributed by atoms with Gasteiger partial charge >= 0.3 is 5.97 Å². The molecule has 0 radical (unpaired) electrons. The van der Waals surface area contributed by atoms with Crippen molar-refractivity contribution in [3.63, 3.8) is 0 Å². The van der Waals surface area contributed by atoms with Crippen molar-refractivity contribution in [3.05, 3.63) is 22.7 Å². The average Bonchev–Trinajstić information content (AvgIpc) is 2.53. The van der Waals surface area contributed by atoms with E-state index in [1.54, 1.807) is 12.4 Å². The van der Waals surface area contributed by atoms with Gasteiger partial charge in [-0.1, -0.05) is 0 Å². The summed E-state index contributed by atoms with van der Waals surface area (Å²) in [6, 6.07) is 0. The zero-order valence-corrected chi connectivity index (χ0v) is 14.4. The van der Waals surface area contributed by atoms with Crippen LogP contribution in [0, 0.1) is 11.3 Å². The molecule has 0 aromatic carbocycles. The summed E-state index contributed by atoms with van der Waals surface area (Å²) in [7, 11) is 1.45. The van der Waals surface area contributed by atoms with Gasteiger partial charge in [0, 0.05) is 18.6 Å². The first-order valence-corrected chi connectivity index (χ1v) is 8.03. The molecular formula is C15H21BrN4O2. The minimum Gasteiger partial charge on any atom is -0.469 e. The quantitative estimate of drug-likeness (QED) is 0.454. The summed E-state index contributed by atoms with van der Waals surface area (Å²) in [6.07, 6.45) is 8.68. The van der Waals surface area contributed by atoms with Gasteiger partial charge in [0.2, 0.25) is 0 Å². The number of carbonyl (C=O) groups excluding carboxylic acids is 1. The van der Waals surface area contributed by atoms with Gasteiger partial charge in [-0.25, -0.2) is 4.99 Å². The molecule has 2 rings (SSSR count). The molecule has 3 N–H and O–H groups in total. The Morgan fingerprint density at radius 3 is 2.86 bits per heavy atom. The molecule has 0 unspecified atom stereocenters. The first-order chi connectivity index (χ1) is 10.5. The van der Waals surface area contributed by atoms with Crippen LogP contribution in [0.5, 0.6) is 0 Å². The number of ether oxygens (including phenoxy) is 1. The molecule has 0 bridgehead atoms. The number of halogens is 1. The number of esters is 1. The van der Waals surface area contributed by atoms with Crippen molar-refractivity contribution >= 4 is 33.9 Å². The number of hydrogen-bond donors (Lipinski definition) is 2. The van der Waals surface area contributed by atoms with Gasteiger partial charge in [0.15, 0.2) is 0 Å². The third-order valence-corrected chi connectivity index (χ3v) is 4.79. The van der Waals surface area contributed by atoms with Crippen molar-refractivity contribution in [2.24, 2.45) is 27.1 Å². The van der Waals surface area contributed by atoms with Crippen LogP contribution in [0.4, 0.5) is 0 Å². The van der Waals surface area contributed by atoms with E-state index >= 15 is 0 Å². The van der Waals surface area contributed by atoms with E-state index < -0.39 is 0 Å². The van der Waals surface area contributed by atoms with Gasteiger partial charge in [-0.05, 0) is 54.5 Å². The topological polar surface area (TPSA) is 89.1 Å². The third-order valence-electron chi connectivity index (χ3n) is 4.19. The Bertz CT molecular complexity index is 558. The molecule has 1 fully saturated rings. The number of nitrogens with zero attached hydrogens (tertiary/aromatic N) is 2. The highest BCUT2D eigenvalue weighted by atomic mass is 79.9. The van der Waals surface area contributed by atoms with Crippen LogP contribution >= 0.6 is 15.9 Å². The molecule has 1 saturated carbocycles. The molecule has 0 amide bonds. The Morgan fingerprint density at radius 2 is 2.27 bits per heavy atom. The molecule has 120 valence electrons. The van der Waals surface area contributed by atoms with Gasteiger partial charge in [0.05, 0.1) is 12.5 Å². The Morgan fingerprint density at radius 1 is 1.59 bits per heavy atom. The molecule has 0 aromatic heterocycles. The molecular weight excluding hydrogens is 348 g/mol. The van der Waals surface area contributed by atoms with E-state index in [1.807, 2.05) is 13.1 Å². The fourth-order valence-electron chi connectivity index (χ4n) is 2.65. The normalized spacial score (nSPS) is 30.7. The van der Waals surface area contributed by atoms with E-state index in [1.165, 1.54) is 7.11 Å². The van der Waals surface area contributed by atoms with Crippen LogP contribution < -0.4 is 11.1 Å². The van der Waals surface area contributed by atoms with E-state index in [4.69, 9.17) is 10.5 Å². The predicted molar refractivity (Wildman–Crippen MR) is 90.4 cm³/mol. The first-order valence-electron chi connectivity index (χ1n) is 7.24. The van der Waals surface area contributed by atoms with Crippen LogP contribution in [-0.4, -0.2) is 25.1 Å². The highest BCUT2D eigenvalue weighted by molar-refractivity contribution is 9.11. The third kappa shape index (κ3) is 3.76. The molecule has 0 spiro atoms. The number of amidine groups is 1. The maximum absolute atomic E-state index is 11.8. The Kier molecular flexibility index (Phi) is 5.39. The lowest BCUT2D eigenvalue weighted by Gasteiger charge is -2.33. The summed E-state index contributed by atoms with van der Waals surface area (Å²) in [6.45, 7) is 1.97. The molecule has 6 nitrogen and oxygen atoms in total. The van der Waals surface area contributed by atoms with Gasteiger partial charge in [-0.3, -0.25) is 9.79 Å². The molecule has 2 aliphatic rings. The second-order valence-electron chi connectivity index (χ2n) is 5.81. The van der Waals surface area contributed by atoms with Gasteiger partial charge in [0.25, 0.3) is 0 Å². The highest BCUT2D eigenvalue weighted by Crippen LogP contribution is 2.39. The summed E-state index contributed by atoms with van der Waals surface area (Å²) in [4.78, 5) is 20.2. The first kappa shape index (κ1) is 16.7. The smallest absolute Gasteiger partial charge is 0.311 e. The number of methoxy groups -OCH3 is 1. The van der Waals surface area contributed by atoms with Crippen LogP contribution in [0.15, 0.2) is 32.7 Å². The fraction of sp³-hybridized carbons (Fsp3) is 0.533. The minimum absolute atomic E-state index is 0.117. The van der Waals surface area contributed by atoms with Crippen LogP contribution in [0.2, 0.25) is 0 Å². The Labute approximate surface area is 138 Å².